The standard InChI is InChI=1S/C27H31N3O2/c31-27(30-16-5-6-17-30)24-20-26(28-25-12-2-1-11-23(24)25)21-9-7-10-22(19-21)32-18-8-15-29-13-3-4-14-29/h1-2,7,9-12,19-20H,3-6,8,13-18H2. The van der Waals surface area contributed by atoms with Gasteiger partial charge < -0.3 is 14.5 Å². The topological polar surface area (TPSA) is 45.7 Å². The van der Waals surface area contributed by atoms with Crippen LogP contribution in [0.25, 0.3) is 22.2 Å². The van der Waals surface area contributed by atoms with Gasteiger partial charge in [-0.15, -0.1) is 0 Å². The van der Waals surface area contributed by atoms with E-state index in [0.717, 1.165) is 72.4 Å². The highest BCUT2D eigenvalue weighted by atomic mass is 16.5. The molecule has 2 aliphatic rings. The molecule has 166 valence electrons. The zero-order valence-electron chi connectivity index (χ0n) is 18.6. The maximum atomic E-state index is 13.3. The monoisotopic (exact) mass is 429 g/mol. The first kappa shape index (κ1) is 21.0. The van der Waals surface area contributed by atoms with Crippen LogP contribution >= 0.6 is 0 Å². The second-order valence-corrected chi connectivity index (χ2v) is 8.85. The number of carbonyl (C=O) groups excluding carboxylic acids is 1. The molecule has 0 atom stereocenters. The molecule has 1 amide bonds. The molecule has 5 heteroatoms. The van der Waals surface area contributed by atoms with Crippen molar-refractivity contribution in [1.29, 1.82) is 0 Å². The van der Waals surface area contributed by atoms with E-state index in [1.165, 1.54) is 25.9 Å². The van der Waals surface area contributed by atoms with Gasteiger partial charge in [0.25, 0.3) is 5.91 Å². The van der Waals surface area contributed by atoms with Gasteiger partial charge in [-0.2, -0.15) is 0 Å². The van der Waals surface area contributed by atoms with E-state index in [9.17, 15) is 4.79 Å². The van der Waals surface area contributed by atoms with Gasteiger partial charge in [-0.05, 0) is 69.5 Å². The van der Waals surface area contributed by atoms with Crippen LogP contribution in [0.3, 0.4) is 0 Å². The smallest absolute Gasteiger partial charge is 0.254 e. The molecular weight excluding hydrogens is 398 g/mol. The molecule has 0 bridgehead atoms. The van der Waals surface area contributed by atoms with Gasteiger partial charge in [0.2, 0.25) is 0 Å². The van der Waals surface area contributed by atoms with Crippen molar-refractivity contribution in [3.63, 3.8) is 0 Å². The van der Waals surface area contributed by atoms with Gasteiger partial charge in [-0.1, -0.05) is 30.3 Å². The van der Waals surface area contributed by atoms with E-state index in [4.69, 9.17) is 9.72 Å². The molecule has 32 heavy (non-hydrogen) atoms. The van der Waals surface area contributed by atoms with Crippen LogP contribution in [0, 0.1) is 0 Å². The number of nitrogens with zero attached hydrogens (tertiary/aromatic N) is 3. The molecule has 2 fully saturated rings. The molecule has 0 saturated carbocycles. The molecule has 0 aliphatic carbocycles. The third-order valence-electron chi connectivity index (χ3n) is 6.56. The Morgan fingerprint density at radius 3 is 2.53 bits per heavy atom. The third kappa shape index (κ3) is 4.63. The second kappa shape index (κ2) is 9.70. The van der Waals surface area contributed by atoms with Gasteiger partial charge in [0.15, 0.2) is 0 Å². The lowest BCUT2D eigenvalue weighted by Crippen LogP contribution is -2.27. The fourth-order valence-corrected chi connectivity index (χ4v) is 4.82. The van der Waals surface area contributed by atoms with Crippen molar-refractivity contribution in [3.8, 4) is 17.0 Å². The number of benzene rings is 2. The maximum Gasteiger partial charge on any atom is 0.254 e. The number of aromatic nitrogens is 1. The minimum absolute atomic E-state index is 0.108. The molecule has 0 unspecified atom stereocenters. The van der Waals surface area contributed by atoms with Crippen molar-refractivity contribution in [2.24, 2.45) is 0 Å². The zero-order valence-corrected chi connectivity index (χ0v) is 18.6. The molecule has 2 saturated heterocycles. The van der Waals surface area contributed by atoms with E-state index in [1.54, 1.807) is 0 Å². The van der Waals surface area contributed by atoms with E-state index >= 15 is 0 Å². The Morgan fingerprint density at radius 1 is 0.906 bits per heavy atom. The summed E-state index contributed by atoms with van der Waals surface area (Å²) in [5.41, 5.74) is 3.38. The number of fused-ring (bicyclic) bond motifs is 1. The van der Waals surface area contributed by atoms with Crippen molar-refractivity contribution < 1.29 is 9.53 Å². The fraction of sp³-hybridized carbons (Fsp3) is 0.407. The van der Waals surface area contributed by atoms with Crippen molar-refractivity contribution in [1.82, 2.24) is 14.8 Å². The Labute approximate surface area is 190 Å². The number of para-hydroxylation sites is 1. The normalized spacial score (nSPS) is 16.7. The molecule has 2 aliphatic heterocycles. The van der Waals surface area contributed by atoms with Gasteiger partial charge in [-0.25, -0.2) is 4.98 Å². The van der Waals surface area contributed by atoms with Crippen molar-refractivity contribution in [2.75, 3.05) is 39.3 Å². The second-order valence-electron chi connectivity index (χ2n) is 8.85. The quantitative estimate of drug-likeness (QED) is 0.496. The molecule has 3 aromatic rings. The van der Waals surface area contributed by atoms with Gasteiger partial charge in [0.05, 0.1) is 23.4 Å². The first-order valence-electron chi connectivity index (χ1n) is 11.9. The Kier molecular flexibility index (Phi) is 6.35. The highest BCUT2D eigenvalue weighted by Gasteiger charge is 2.22. The van der Waals surface area contributed by atoms with Crippen LogP contribution in [-0.4, -0.2) is 60.0 Å². The fourth-order valence-electron chi connectivity index (χ4n) is 4.82. The van der Waals surface area contributed by atoms with Gasteiger partial charge >= 0.3 is 0 Å². The molecular formula is C27H31N3O2. The Morgan fingerprint density at radius 2 is 1.69 bits per heavy atom. The van der Waals surface area contributed by atoms with Gasteiger partial charge in [0.1, 0.15) is 5.75 Å². The van der Waals surface area contributed by atoms with Crippen LogP contribution in [0.5, 0.6) is 5.75 Å². The van der Waals surface area contributed by atoms with Crippen LogP contribution in [0.2, 0.25) is 0 Å². The number of hydrogen-bond acceptors (Lipinski definition) is 4. The Balaban J connectivity index is 1.36. The third-order valence-corrected chi connectivity index (χ3v) is 6.56. The predicted molar refractivity (Wildman–Crippen MR) is 128 cm³/mol. The van der Waals surface area contributed by atoms with E-state index < -0.39 is 0 Å². The molecule has 0 radical (unpaired) electrons. The van der Waals surface area contributed by atoms with Crippen LogP contribution in [0.1, 0.15) is 42.5 Å². The summed E-state index contributed by atoms with van der Waals surface area (Å²) in [6, 6.07) is 18.0. The van der Waals surface area contributed by atoms with E-state index in [0.29, 0.717) is 6.61 Å². The van der Waals surface area contributed by atoms with Crippen LogP contribution in [0.4, 0.5) is 0 Å². The molecule has 3 heterocycles. The van der Waals surface area contributed by atoms with Crippen molar-refractivity contribution >= 4 is 16.8 Å². The lowest BCUT2D eigenvalue weighted by Gasteiger charge is -2.17. The van der Waals surface area contributed by atoms with Gasteiger partial charge in [-0.3, -0.25) is 4.79 Å². The summed E-state index contributed by atoms with van der Waals surface area (Å²) in [5.74, 6) is 0.961. The maximum absolute atomic E-state index is 13.3. The summed E-state index contributed by atoms with van der Waals surface area (Å²) in [6.45, 7) is 5.94. The number of pyridine rings is 1. The van der Waals surface area contributed by atoms with E-state index in [2.05, 4.69) is 4.90 Å². The highest BCUT2D eigenvalue weighted by Crippen LogP contribution is 2.28. The lowest BCUT2D eigenvalue weighted by molar-refractivity contribution is 0.0794. The summed E-state index contributed by atoms with van der Waals surface area (Å²) in [7, 11) is 0. The summed E-state index contributed by atoms with van der Waals surface area (Å²) in [4.78, 5) is 22.6. The number of amides is 1. The number of likely N-dealkylation sites (tertiary alicyclic amines) is 2. The molecule has 2 aromatic carbocycles. The van der Waals surface area contributed by atoms with Crippen LogP contribution in [-0.2, 0) is 0 Å². The molecule has 0 spiro atoms. The molecule has 5 nitrogen and oxygen atoms in total. The SMILES string of the molecule is O=C(c1cc(-c2cccc(OCCCN3CCCC3)c2)nc2ccccc12)N1CCCC1. The summed E-state index contributed by atoms with van der Waals surface area (Å²) >= 11 is 0. The first-order chi connectivity index (χ1) is 15.8. The zero-order chi connectivity index (χ0) is 21.8. The number of rotatable bonds is 7. The summed E-state index contributed by atoms with van der Waals surface area (Å²) in [6.07, 6.45) is 5.85. The average Bonchev–Trinajstić information content (AvgIpc) is 3.56. The lowest BCUT2D eigenvalue weighted by atomic mass is 10.0. The van der Waals surface area contributed by atoms with Crippen LogP contribution in [0.15, 0.2) is 54.6 Å². The Hall–Kier alpha value is -2.92. The predicted octanol–water partition coefficient (Wildman–Crippen LogP) is 5.00. The summed E-state index contributed by atoms with van der Waals surface area (Å²) < 4.78 is 6.04. The largest absolute Gasteiger partial charge is 0.494 e. The average molecular weight is 430 g/mol. The summed E-state index contributed by atoms with van der Waals surface area (Å²) in [5, 5.41) is 0.919. The molecule has 0 N–H and O–H groups in total. The highest BCUT2D eigenvalue weighted by molar-refractivity contribution is 6.07. The first-order valence-corrected chi connectivity index (χ1v) is 11.9. The van der Waals surface area contributed by atoms with E-state index in [-0.39, 0.29) is 5.91 Å². The van der Waals surface area contributed by atoms with Crippen LogP contribution < -0.4 is 4.74 Å². The molecule has 1 aromatic heterocycles. The van der Waals surface area contributed by atoms with E-state index in [1.807, 2.05) is 59.5 Å². The minimum atomic E-state index is 0.108. The van der Waals surface area contributed by atoms with Crippen molar-refractivity contribution in [3.05, 3.63) is 60.2 Å². The minimum Gasteiger partial charge on any atom is -0.494 e. The van der Waals surface area contributed by atoms with Crippen molar-refractivity contribution in [2.45, 2.75) is 32.1 Å². The Bertz CT molecular complexity index is 1090. The van der Waals surface area contributed by atoms with Gasteiger partial charge in [0, 0.05) is 30.6 Å². The molecule has 5 rings (SSSR count). The number of hydrogen-bond donors (Lipinski definition) is 0. The number of carbonyl (C=O) groups is 1. The number of ether oxygens (including phenoxy) is 1.